The standard InChI is InChI=1S/C21H21N5O2S/c1-13-11-16(21(28)26(2)18-15(13)9-6-10-22-18)23-19(27)20-25-24-17(29-20)12-14-7-4-3-5-8-14/h3-10,13,16H,11-12H2,1-2H3,(H,23,27)/t13-,16+/m0/s1. The number of anilines is 1. The first-order valence-corrected chi connectivity index (χ1v) is 10.2. The first kappa shape index (κ1) is 19.2. The average Bonchev–Trinajstić information content (AvgIpc) is 3.18. The molecule has 0 spiro atoms. The predicted octanol–water partition coefficient (Wildman–Crippen LogP) is 2.79. The Kier molecular flexibility index (Phi) is 5.35. The van der Waals surface area contributed by atoms with E-state index in [4.69, 9.17) is 0 Å². The fourth-order valence-electron chi connectivity index (χ4n) is 3.52. The molecule has 1 aliphatic rings. The van der Waals surface area contributed by atoms with Gasteiger partial charge in [0.15, 0.2) is 0 Å². The van der Waals surface area contributed by atoms with Crippen LogP contribution in [0.15, 0.2) is 48.7 Å². The van der Waals surface area contributed by atoms with Gasteiger partial charge in [0.1, 0.15) is 16.9 Å². The third-order valence-electron chi connectivity index (χ3n) is 5.05. The zero-order valence-corrected chi connectivity index (χ0v) is 17.0. The van der Waals surface area contributed by atoms with E-state index in [1.165, 1.54) is 16.2 Å². The number of fused-ring (bicyclic) bond motifs is 1. The Morgan fingerprint density at radius 2 is 2.00 bits per heavy atom. The summed E-state index contributed by atoms with van der Waals surface area (Å²) in [5.74, 6) is 0.167. The Hall–Kier alpha value is -3.13. The lowest BCUT2D eigenvalue weighted by atomic mass is 9.95. The number of carbonyl (C=O) groups excluding carboxylic acids is 2. The number of nitrogens with zero attached hydrogens (tertiary/aromatic N) is 4. The number of nitrogens with one attached hydrogen (secondary N) is 1. The van der Waals surface area contributed by atoms with E-state index in [0.29, 0.717) is 18.7 Å². The maximum Gasteiger partial charge on any atom is 0.282 e. The predicted molar refractivity (Wildman–Crippen MR) is 111 cm³/mol. The van der Waals surface area contributed by atoms with Gasteiger partial charge in [-0.1, -0.05) is 54.7 Å². The Morgan fingerprint density at radius 1 is 1.21 bits per heavy atom. The Bertz CT molecular complexity index is 1040. The van der Waals surface area contributed by atoms with E-state index in [1.54, 1.807) is 13.2 Å². The van der Waals surface area contributed by atoms with E-state index in [-0.39, 0.29) is 22.7 Å². The molecule has 4 rings (SSSR count). The van der Waals surface area contributed by atoms with Crippen molar-refractivity contribution in [3.05, 3.63) is 69.8 Å². The van der Waals surface area contributed by atoms with Gasteiger partial charge in [0, 0.05) is 19.7 Å². The number of carbonyl (C=O) groups is 2. The summed E-state index contributed by atoms with van der Waals surface area (Å²) in [6, 6.07) is 13.1. The second kappa shape index (κ2) is 8.08. The summed E-state index contributed by atoms with van der Waals surface area (Å²) < 4.78 is 0. The number of hydrogen-bond donors (Lipinski definition) is 1. The average molecular weight is 407 g/mol. The molecule has 1 aromatic carbocycles. The van der Waals surface area contributed by atoms with Crippen LogP contribution in [0.1, 0.15) is 45.2 Å². The summed E-state index contributed by atoms with van der Waals surface area (Å²) in [4.78, 5) is 31.5. The van der Waals surface area contributed by atoms with E-state index >= 15 is 0 Å². The van der Waals surface area contributed by atoms with Crippen molar-refractivity contribution in [3.63, 3.8) is 0 Å². The highest BCUT2D eigenvalue weighted by Crippen LogP contribution is 2.32. The number of rotatable bonds is 4. The molecule has 148 valence electrons. The second-order valence-electron chi connectivity index (χ2n) is 7.14. The summed E-state index contributed by atoms with van der Waals surface area (Å²) in [5.41, 5.74) is 2.11. The Morgan fingerprint density at radius 3 is 2.79 bits per heavy atom. The van der Waals surface area contributed by atoms with E-state index in [1.807, 2.05) is 49.4 Å². The normalized spacial score (nSPS) is 18.8. The van der Waals surface area contributed by atoms with Gasteiger partial charge in [-0.15, -0.1) is 10.2 Å². The van der Waals surface area contributed by atoms with Crippen LogP contribution in [0.4, 0.5) is 5.82 Å². The molecule has 0 saturated heterocycles. The minimum absolute atomic E-state index is 0.0842. The molecule has 2 atom stereocenters. The van der Waals surface area contributed by atoms with Gasteiger partial charge < -0.3 is 5.32 Å². The van der Waals surface area contributed by atoms with Crippen LogP contribution in [0, 0.1) is 0 Å². The largest absolute Gasteiger partial charge is 0.338 e. The first-order valence-electron chi connectivity index (χ1n) is 9.42. The summed E-state index contributed by atoms with van der Waals surface area (Å²) >= 11 is 1.25. The van der Waals surface area contributed by atoms with Crippen molar-refractivity contribution < 1.29 is 9.59 Å². The van der Waals surface area contributed by atoms with Crippen LogP contribution < -0.4 is 10.2 Å². The Labute approximate surface area is 172 Å². The van der Waals surface area contributed by atoms with Gasteiger partial charge >= 0.3 is 0 Å². The number of amides is 2. The van der Waals surface area contributed by atoms with Crippen molar-refractivity contribution in [2.45, 2.75) is 31.7 Å². The van der Waals surface area contributed by atoms with Crippen molar-refractivity contribution >= 4 is 29.0 Å². The number of hydrogen-bond acceptors (Lipinski definition) is 6. The molecule has 0 fully saturated rings. The number of pyridine rings is 1. The van der Waals surface area contributed by atoms with Crippen molar-refractivity contribution in [1.82, 2.24) is 20.5 Å². The molecule has 0 aliphatic carbocycles. The van der Waals surface area contributed by atoms with E-state index in [9.17, 15) is 9.59 Å². The third kappa shape index (κ3) is 4.02. The van der Waals surface area contributed by atoms with Crippen LogP contribution in [-0.2, 0) is 11.2 Å². The van der Waals surface area contributed by atoms with Gasteiger partial charge in [-0.05, 0) is 29.5 Å². The topological polar surface area (TPSA) is 88.1 Å². The number of likely N-dealkylation sites (N-methyl/N-ethyl adjacent to an activating group) is 1. The van der Waals surface area contributed by atoms with E-state index < -0.39 is 6.04 Å². The molecule has 0 unspecified atom stereocenters. The molecule has 0 bridgehead atoms. The van der Waals surface area contributed by atoms with Crippen LogP contribution in [0.25, 0.3) is 0 Å². The van der Waals surface area contributed by atoms with E-state index in [2.05, 4.69) is 20.5 Å². The fourth-order valence-corrected chi connectivity index (χ4v) is 4.30. The van der Waals surface area contributed by atoms with Crippen LogP contribution >= 0.6 is 11.3 Å². The zero-order valence-electron chi connectivity index (χ0n) is 16.2. The van der Waals surface area contributed by atoms with Gasteiger partial charge in [0.25, 0.3) is 5.91 Å². The first-order chi connectivity index (χ1) is 14.0. The minimum Gasteiger partial charge on any atom is -0.338 e. The summed E-state index contributed by atoms with van der Waals surface area (Å²) in [5, 5.41) is 12.0. The number of aromatic nitrogens is 3. The molecule has 8 heteroatoms. The van der Waals surface area contributed by atoms with Gasteiger partial charge in [-0.3, -0.25) is 14.5 Å². The lowest BCUT2D eigenvalue weighted by molar-refractivity contribution is -0.120. The molecule has 29 heavy (non-hydrogen) atoms. The molecular weight excluding hydrogens is 386 g/mol. The number of benzene rings is 1. The second-order valence-corrected chi connectivity index (χ2v) is 8.20. The molecule has 3 heterocycles. The highest BCUT2D eigenvalue weighted by Gasteiger charge is 2.33. The molecule has 1 N–H and O–H groups in total. The minimum atomic E-state index is -0.641. The van der Waals surface area contributed by atoms with Gasteiger partial charge in [-0.25, -0.2) is 4.98 Å². The maximum atomic E-state index is 12.9. The molecule has 3 aromatic rings. The lowest BCUT2D eigenvalue weighted by Gasteiger charge is -2.20. The maximum absolute atomic E-state index is 12.9. The molecule has 1 aliphatic heterocycles. The van der Waals surface area contributed by atoms with Crippen molar-refractivity contribution in [2.24, 2.45) is 0 Å². The van der Waals surface area contributed by atoms with Gasteiger partial charge in [-0.2, -0.15) is 0 Å². The van der Waals surface area contributed by atoms with Crippen LogP contribution in [0.2, 0.25) is 0 Å². The van der Waals surface area contributed by atoms with Crippen molar-refractivity contribution in [2.75, 3.05) is 11.9 Å². The van der Waals surface area contributed by atoms with Crippen LogP contribution in [-0.4, -0.2) is 40.1 Å². The molecule has 7 nitrogen and oxygen atoms in total. The lowest BCUT2D eigenvalue weighted by Crippen LogP contribution is -2.47. The smallest absolute Gasteiger partial charge is 0.282 e. The van der Waals surface area contributed by atoms with Gasteiger partial charge in [0.05, 0.1) is 0 Å². The quantitative estimate of drug-likeness (QED) is 0.718. The molecular formula is C21H21N5O2S. The highest BCUT2D eigenvalue weighted by atomic mass is 32.1. The van der Waals surface area contributed by atoms with Gasteiger partial charge in [0.2, 0.25) is 10.9 Å². The summed E-state index contributed by atoms with van der Waals surface area (Å²) in [6.45, 7) is 2.04. The highest BCUT2D eigenvalue weighted by molar-refractivity contribution is 7.13. The molecule has 0 saturated carbocycles. The molecule has 2 aromatic heterocycles. The third-order valence-corrected chi connectivity index (χ3v) is 5.97. The molecule has 2 amide bonds. The Balaban J connectivity index is 1.48. The van der Waals surface area contributed by atoms with E-state index in [0.717, 1.165) is 16.1 Å². The zero-order chi connectivity index (χ0) is 20.4. The molecule has 0 radical (unpaired) electrons. The van der Waals surface area contributed by atoms with Crippen molar-refractivity contribution in [1.29, 1.82) is 0 Å². The van der Waals surface area contributed by atoms with Crippen LogP contribution in [0.3, 0.4) is 0 Å². The van der Waals surface area contributed by atoms with Crippen LogP contribution in [0.5, 0.6) is 0 Å². The van der Waals surface area contributed by atoms with Crippen molar-refractivity contribution in [3.8, 4) is 0 Å². The summed E-state index contributed by atoms with van der Waals surface area (Å²) in [6.07, 6.45) is 2.79. The SMILES string of the molecule is C[C@H]1C[C@@H](NC(=O)c2nnc(Cc3ccccc3)s2)C(=O)N(C)c2ncccc21. The summed E-state index contributed by atoms with van der Waals surface area (Å²) in [7, 11) is 1.69. The monoisotopic (exact) mass is 407 g/mol. The fraction of sp³-hybridized carbons (Fsp3) is 0.286.